The molecule has 1 aliphatic rings. The van der Waals surface area contributed by atoms with E-state index < -0.39 is 6.10 Å². The van der Waals surface area contributed by atoms with E-state index in [1.807, 2.05) is 25.1 Å². The van der Waals surface area contributed by atoms with Crippen molar-refractivity contribution in [3.05, 3.63) is 23.1 Å². The van der Waals surface area contributed by atoms with Crippen LogP contribution in [0.3, 0.4) is 0 Å². The van der Waals surface area contributed by atoms with Crippen LogP contribution in [-0.2, 0) is 9.59 Å². The Kier molecular flexibility index (Phi) is 5.03. The molecule has 1 aromatic carbocycles. The van der Waals surface area contributed by atoms with Gasteiger partial charge in [-0.2, -0.15) is 0 Å². The summed E-state index contributed by atoms with van der Waals surface area (Å²) in [6, 6.07) is 5.59. The molecule has 6 nitrogen and oxygen atoms in total. The highest BCUT2D eigenvalue weighted by atomic mass is 32.1. The lowest BCUT2D eigenvalue weighted by atomic mass is 10.1. The van der Waals surface area contributed by atoms with E-state index in [2.05, 4.69) is 22.5 Å². The van der Waals surface area contributed by atoms with Gasteiger partial charge in [0.05, 0.1) is 11.4 Å². The largest absolute Gasteiger partial charge is 0.479 e. The zero-order valence-electron chi connectivity index (χ0n) is 14.5. The van der Waals surface area contributed by atoms with E-state index in [1.54, 1.807) is 6.92 Å². The molecule has 0 bridgehead atoms. The lowest BCUT2D eigenvalue weighted by Gasteiger charge is -2.23. The van der Waals surface area contributed by atoms with Crippen molar-refractivity contribution in [2.24, 2.45) is 0 Å². The molecule has 0 saturated heterocycles. The molecule has 1 aromatic heterocycles. The van der Waals surface area contributed by atoms with E-state index >= 15 is 0 Å². The van der Waals surface area contributed by atoms with Crippen LogP contribution in [0.4, 0.5) is 10.8 Å². The van der Waals surface area contributed by atoms with Crippen LogP contribution in [0.2, 0.25) is 0 Å². The van der Waals surface area contributed by atoms with Crippen molar-refractivity contribution in [1.82, 2.24) is 4.98 Å². The number of carbonyl (C=O) groups excluding carboxylic acids is 2. The van der Waals surface area contributed by atoms with Crippen molar-refractivity contribution in [3.63, 3.8) is 0 Å². The maximum Gasteiger partial charge on any atom is 0.265 e. The molecule has 0 aliphatic carbocycles. The fourth-order valence-electron chi connectivity index (χ4n) is 2.59. The first-order valence-electron chi connectivity index (χ1n) is 8.37. The van der Waals surface area contributed by atoms with Crippen molar-refractivity contribution in [3.8, 4) is 17.0 Å². The van der Waals surface area contributed by atoms with Gasteiger partial charge in [-0.3, -0.25) is 9.59 Å². The second kappa shape index (κ2) is 7.23. The number of fused-ring (bicyclic) bond motifs is 1. The van der Waals surface area contributed by atoms with Crippen molar-refractivity contribution >= 4 is 34.0 Å². The third-order valence-electron chi connectivity index (χ3n) is 3.98. The summed E-state index contributed by atoms with van der Waals surface area (Å²) >= 11 is 1.45. The van der Waals surface area contributed by atoms with Crippen molar-refractivity contribution < 1.29 is 14.3 Å². The Bertz CT molecular complexity index is 816. The highest BCUT2D eigenvalue weighted by Gasteiger charge is 2.24. The Labute approximate surface area is 150 Å². The molecule has 1 aliphatic heterocycles. The molecule has 2 aromatic rings. The maximum atomic E-state index is 11.9. The van der Waals surface area contributed by atoms with Crippen LogP contribution in [0.5, 0.6) is 5.75 Å². The molecular formula is C18H21N3O3S. The molecule has 2 amide bonds. The van der Waals surface area contributed by atoms with E-state index in [1.165, 1.54) is 11.3 Å². The number of aromatic nitrogens is 1. The van der Waals surface area contributed by atoms with Gasteiger partial charge in [-0.05, 0) is 38.5 Å². The van der Waals surface area contributed by atoms with Gasteiger partial charge in [-0.25, -0.2) is 4.98 Å². The number of unbranched alkanes of at least 4 members (excludes halogenated alkanes) is 1. The lowest BCUT2D eigenvalue weighted by Crippen LogP contribution is -2.34. The minimum atomic E-state index is -0.496. The van der Waals surface area contributed by atoms with E-state index in [9.17, 15) is 9.59 Å². The first-order valence-corrected chi connectivity index (χ1v) is 9.18. The van der Waals surface area contributed by atoms with Crippen LogP contribution in [0.25, 0.3) is 11.3 Å². The summed E-state index contributed by atoms with van der Waals surface area (Å²) in [5.74, 6) is 0.475. The first-order chi connectivity index (χ1) is 12.0. The zero-order valence-corrected chi connectivity index (χ0v) is 15.3. The number of anilines is 2. The molecule has 0 spiro atoms. The SMILES string of the molecule is CCCCC(=O)Nc1nc(-c2ccc3c(c2)NC(=O)C(C)O3)c(C)s1. The van der Waals surface area contributed by atoms with Gasteiger partial charge < -0.3 is 15.4 Å². The van der Waals surface area contributed by atoms with E-state index in [4.69, 9.17) is 4.74 Å². The number of carbonyl (C=O) groups is 2. The third-order valence-corrected chi connectivity index (χ3v) is 4.87. The lowest BCUT2D eigenvalue weighted by molar-refractivity contribution is -0.122. The molecular weight excluding hydrogens is 338 g/mol. The molecule has 3 rings (SSSR count). The van der Waals surface area contributed by atoms with E-state index in [-0.39, 0.29) is 11.8 Å². The van der Waals surface area contributed by atoms with Gasteiger partial charge in [0.15, 0.2) is 11.2 Å². The van der Waals surface area contributed by atoms with Crippen molar-refractivity contribution in [2.45, 2.75) is 46.1 Å². The van der Waals surface area contributed by atoms with Crippen molar-refractivity contribution in [1.29, 1.82) is 0 Å². The van der Waals surface area contributed by atoms with E-state index in [0.717, 1.165) is 29.0 Å². The predicted octanol–water partition coefficient (Wildman–Crippen LogP) is 3.97. The van der Waals surface area contributed by atoms with Crippen LogP contribution in [0.15, 0.2) is 18.2 Å². The normalized spacial score (nSPS) is 16.0. The van der Waals surface area contributed by atoms with Gasteiger partial charge in [-0.1, -0.05) is 13.3 Å². The van der Waals surface area contributed by atoms with Crippen LogP contribution < -0.4 is 15.4 Å². The number of aryl methyl sites for hydroxylation is 1. The minimum absolute atomic E-state index is 0.0118. The molecule has 1 atom stereocenters. The third kappa shape index (κ3) is 3.82. The predicted molar refractivity (Wildman–Crippen MR) is 99.2 cm³/mol. The minimum Gasteiger partial charge on any atom is -0.479 e. The number of ether oxygens (including phenoxy) is 1. The Morgan fingerprint density at radius 2 is 2.24 bits per heavy atom. The highest BCUT2D eigenvalue weighted by Crippen LogP contribution is 2.36. The first kappa shape index (κ1) is 17.4. The monoisotopic (exact) mass is 359 g/mol. The van der Waals surface area contributed by atoms with Crippen LogP contribution >= 0.6 is 11.3 Å². The number of benzene rings is 1. The number of thiazole rings is 1. The van der Waals surface area contributed by atoms with Gasteiger partial charge in [0, 0.05) is 16.9 Å². The van der Waals surface area contributed by atoms with Gasteiger partial charge in [0.2, 0.25) is 5.91 Å². The summed E-state index contributed by atoms with van der Waals surface area (Å²) in [4.78, 5) is 29.2. The Morgan fingerprint density at radius 3 is 3.00 bits per heavy atom. The van der Waals surface area contributed by atoms with Gasteiger partial charge in [-0.15, -0.1) is 11.3 Å². The zero-order chi connectivity index (χ0) is 18.0. The van der Waals surface area contributed by atoms with Crippen LogP contribution in [-0.4, -0.2) is 22.9 Å². The number of nitrogens with zero attached hydrogens (tertiary/aromatic N) is 1. The smallest absolute Gasteiger partial charge is 0.265 e. The molecule has 2 heterocycles. The number of amides is 2. The topological polar surface area (TPSA) is 80.3 Å². The quantitative estimate of drug-likeness (QED) is 0.846. The average molecular weight is 359 g/mol. The highest BCUT2D eigenvalue weighted by molar-refractivity contribution is 7.16. The molecule has 1 unspecified atom stereocenters. The number of hydrogen-bond donors (Lipinski definition) is 2. The molecule has 0 saturated carbocycles. The average Bonchev–Trinajstić information content (AvgIpc) is 2.94. The Morgan fingerprint density at radius 1 is 1.44 bits per heavy atom. The summed E-state index contributed by atoms with van der Waals surface area (Å²) in [6.45, 7) is 5.73. The second-order valence-electron chi connectivity index (χ2n) is 6.04. The van der Waals surface area contributed by atoms with Gasteiger partial charge in [0.1, 0.15) is 5.75 Å². The molecule has 0 radical (unpaired) electrons. The molecule has 7 heteroatoms. The fourth-order valence-corrected chi connectivity index (χ4v) is 3.44. The summed E-state index contributed by atoms with van der Waals surface area (Å²) < 4.78 is 5.57. The fraction of sp³-hybridized carbons (Fsp3) is 0.389. The molecule has 132 valence electrons. The van der Waals surface area contributed by atoms with Crippen LogP contribution in [0, 0.1) is 6.92 Å². The molecule has 25 heavy (non-hydrogen) atoms. The number of rotatable bonds is 5. The summed E-state index contributed by atoms with van der Waals surface area (Å²) in [5, 5.41) is 6.30. The van der Waals surface area contributed by atoms with E-state index in [0.29, 0.717) is 23.0 Å². The van der Waals surface area contributed by atoms with Crippen LogP contribution in [0.1, 0.15) is 38.0 Å². The number of hydrogen-bond acceptors (Lipinski definition) is 5. The summed E-state index contributed by atoms with van der Waals surface area (Å²) in [5.41, 5.74) is 2.31. The van der Waals surface area contributed by atoms with Crippen molar-refractivity contribution in [2.75, 3.05) is 10.6 Å². The molecule has 2 N–H and O–H groups in total. The summed E-state index contributed by atoms with van der Waals surface area (Å²) in [6.07, 6.45) is 1.86. The van der Waals surface area contributed by atoms with Gasteiger partial charge >= 0.3 is 0 Å². The standard InChI is InChI=1S/C18H21N3O3S/c1-4-5-6-15(22)20-18-21-16(11(3)25-18)12-7-8-14-13(9-12)19-17(23)10(2)24-14/h7-10H,4-6H2,1-3H3,(H,19,23)(H,20,21,22). The summed E-state index contributed by atoms with van der Waals surface area (Å²) in [7, 11) is 0. The second-order valence-corrected chi connectivity index (χ2v) is 7.24. The maximum absolute atomic E-state index is 11.9. The Hall–Kier alpha value is -2.41. The molecule has 0 fully saturated rings. The number of nitrogens with one attached hydrogen (secondary N) is 2. The Balaban J connectivity index is 1.82. The van der Waals surface area contributed by atoms with Gasteiger partial charge in [0.25, 0.3) is 5.91 Å².